The smallest absolute Gasteiger partial charge is 0.252 e. The van der Waals surface area contributed by atoms with Crippen molar-refractivity contribution >= 4 is 27.3 Å². The van der Waals surface area contributed by atoms with Crippen LogP contribution in [0.15, 0.2) is 16.3 Å². The van der Waals surface area contributed by atoms with E-state index in [0.29, 0.717) is 29.8 Å². The van der Waals surface area contributed by atoms with E-state index in [0.717, 1.165) is 50.2 Å². The lowest BCUT2D eigenvalue weighted by molar-refractivity contribution is -0.126. The van der Waals surface area contributed by atoms with E-state index in [4.69, 9.17) is 0 Å². The number of amides is 1. The summed E-state index contributed by atoms with van der Waals surface area (Å²) in [6, 6.07) is 3.50. The molecule has 2 saturated heterocycles. The lowest BCUT2D eigenvalue weighted by Gasteiger charge is -2.33. The average molecular weight is 428 g/mol. The minimum absolute atomic E-state index is 0.0123. The van der Waals surface area contributed by atoms with Crippen LogP contribution in [0.4, 0.5) is 0 Å². The molecule has 1 N–H and O–H groups in total. The monoisotopic (exact) mass is 427 g/mol. The van der Waals surface area contributed by atoms with Crippen LogP contribution in [0.25, 0.3) is 0 Å². The third kappa shape index (κ3) is 5.34. The van der Waals surface area contributed by atoms with E-state index in [1.807, 2.05) is 13.0 Å². The summed E-state index contributed by atoms with van der Waals surface area (Å²) >= 11 is 1.30. The van der Waals surface area contributed by atoms with Gasteiger partial charge in [0.2, 0.25) is 5.91 Å². The van der Waals surface area contributed by atoms with E-state index in [9.17, 15) is 13.2 Å². The van der Waals surface area contributed by atoms with Crippen LogP contribution in [0.2, 0.25) is 0 Å². The molecule has 2 aliphatic heterocycles. The lowest BCUT2D eigenvalue weighted by atomic mass is 9.95. The number of hydrogen-bond acceptors (Lipinski definition) is 5. The highest BCUT2D eigenvalue weighted by atomic mass is 32.2. The molecular weight excluding hydrogens is 394 g/mol. The van der Waals surface area contributed by atoms with Crippen molar-refractivity contribution in [1.29, 1.82) is 0 Å². The molecule has 3 rings (SSSR count). The Balaban J connectivity index is 1.49. The fraction of sp³-hybridized carbons (Fsp3) is 0.750. The van der Waals surface area contributed by atoms with Gasteiger partial charge in [-0.25, -0.2) is 8.42 Å². The number of thiophene rings is 1. The molecule has 0 radical (unpaired) electrons. The van der Waals surface area contributed by atoms with E-state index in [1.165, 1.54) is 22.1 Å². The maximum Gasteiger partial charge on any atom is 0.252 e. The first kappa shape index (κ1) is 21.7. The second-order valence-corrected chi connectivity index (χ2v) is 11.6. The summed E-state index contributed by atoms with van der Waals surface area (Å²) in [6.07, 6.45) is 4.94. The summed E-state index contributed by atoms with van der Waals surface area (Å²) in [5, 5.41) is 3.11. The summed E-state index contributed by atoms with van der Waals surface area (Å²) in [5.74, 6) is 0.303. The summed E-state index contributed by atoms with van der Waals surface area (Å²) in [4.78, 5) is 16.2. The Morgan fingerprint density at radius 2 is 1.96 bits per heavy atom. The predicted molar refractivity (Wildman–Crippen MR) is 113 cm³/mol. The zero-order valence-electron chi connectivity index (χ0n) is 17.0. The molecule has 2 fully saturated rings. The number of aryl methyl sites for hydroxylation is 1. The zero-order chi connectivity index (χ0) is 20.1. The van der Waals surface area contributed by atoms with Crippen molar-refractivity contribution in [2.75, 3.05) is 39.3 Å². The van der Waals surface area contributed by atoms with Gasteiger partial charge in [-0.3, -0.25) is 4.79 Å². The number of rotatable bonds is 7. The van der Waals surface area contributed by atoms with E-state index >= 15 is 0 Å². The Labute approximate surface area is 173 Å². The van der Waals surface area contributed by atoms with Crippen molar-refractivity contribution in [2.45, 2.75) is 50.2 Å². The van der Waals surface area contributed by atoms with Crippen LogP contribution in [0.5, 0.6) is 0 Å². The molecule has 3 heterocycles. The molecule has 1 aromatic rings. The molecule has 6 nitrogen and oxygen atoms in total. The van der Waals surface area contributed by atoms with Crippen LogP contribution in [0, 0.1) is 18.8 Å². The molecule has 0 spiro atoms. The van der Waals surface area contributed by atoms with Crippen LogP contribution in [0.3, 0.4) is 0 Å². The van der Waals surface area contributed by atoms with Crippen molar-refractivity contribution in [1.82, 2.24) is 14.5 Å². The molecule has 2 aliphatic rings. The Bertz CT molecular complexity index is 755. The van der Waals surface area contributed by atoms with Gasteiger partial charge in [-0.1, -0.05) is 6.92 Å². The SMILES string of the molecule is CCCN1CCC(CNC(=O)[C@H]2CCCN(S(=O)(=O)c3ccc(C)s3)C2)CC1. The molecule has 0 bridgehead atoms. The molecule has 0 unspecified atom stereocenters. The van der Waals surface area contributed by atoms with Crippen LogP contribution >= 0.6 is 11.3 Å². The van der Waals surface area contributed by atoms with E-state index < -0.39 is 10.0 Å². The number of hydrogen-bond donors (Lipinski definition) is 1. The minimum atomic E-state index is -3.49. The molecular formula is C20H33N3O3S2. The van der Waals surface area contributed by atoms with Gasteiger partial charge in [-0.2, -0.15) is 4.31 Å². The van der Waals surface area contributed by atoms with Gasteiger partial charge in [0.1, 0.15) is 4.21 Å². The maximum atomic E-state index is 12.9. The Morgan fingerprint density at radius 3 is 2.61 bits per heavy atom. The summed E-state index contributed by atoms with van der Waals surface area (Å²) in [7, 11) is -3.49. The highest BCUT2D eigenvalue weighted by molar-refractivity contribution is 7.91. The van der Waals surface area contributed by atoms with Gasteiger partial charge in [0.05, 0.1) is 5.92 Å². The highest BCUT2D eigenvalue weighted by Crippen LogP contribution is 2.28. The fourth-order valence-corrected chi connectivity index (χ4v) is 7.13. The number of sulfonamides is 1. The molecule has 1 atom stereocenters. The first-order valence-corrected chi connectivity index (χ1v) is 12.7. The molecule has 1 amide bonds. The van der Waals surface area contributed by atoms with Crippen molar-refractivity contribution in [3.8, 4) is 0 Å². The molecule has 0 aromatic carbocycles. The second kappa shape index (κ2) is 9.69. The number of piperidine rings is 2. The van der Waals surface area contributed by atoms with E-state index in [-0.39, 0.29) is 11.8 Å². The molecule has 1 aromatic heterocycles. The normalized spacial score (nSPS) is 23.0. The Hall–Kier alpha value is -0.960. The lowest BCUT2D eigenvalue weighted by Crippen LogP contribution is -2.46. The van der Waals surface area contributed by atoms with Gasteiger partial charge in [0.15, 0.2) is 0 Å². The number of nitrogens with zero attached hydrogens (tertiary/aromatic N) is 2. The number of nitrogens with one attached hydrogen (secondary N) is 1. The number of carbonyl (C=O) groups excluding carboxylic acids is 1. The highest BCUT2D eigenvalue weighted by Gasteiger charge is 2.34. The van der Waals surface area contributed by atoms with Crippen LogP contribution < -0.4 is 5.32 Å². The third-order valence-corrected chi connectivity index (χ3v) is 9.21. The zero-order valence-corrected chi connectivity index (χ0v) is 18.7. The summed E-state index contributed by atoms with van der Waals surface area (Å²) in [6.45, 7) is 9.01. The van der Waals surface area contributed by atoms with Gasteiger partial charge < -0.3 is 10.2 Å². The van der Waals surface area contributed by atoms with Crippen molar-refractivity contribution < 1.29 is 13.2 Å². The Morgan fingerprint density at radius 1 is 1.21 bits per heavy atom. The quantitative estimate of drug-likeness (QED) is 0.726. The van der Waals surface area contributed by atoms with Crippen molar-refractivity contribution in [2.24, 2.45) is 11.8 Å². The standard InChI is InChI=1S/C20H33N3O3S2/c1-3-10-22-12-8-17(9-13-22)14-21-20(24)18-5-4-11-23(15-18)28(25,26)19-7-6-16(2)27-19/h6-7,17-18H,3-5,8-15H2,1-2H3,(H,21,24)/t18-/m0/s1. The van der Waals surface area contributed by atoms with E-state index in [2.05, 4.69) is 17.1 Å². The number of carbonyl (C=O) groups is 1. The predicted octanol–water partition coefficient (Wildman–Crippen LogP) is 2.70. The van der Waals surface area contributed by atoms with Crippen LogP contribution in [-0.4, -0.2) is 62.8 Å². The van der Waals surface area contributed by atoms with Crippen molar-refractivity contribution in [3.63, 3.8) is 0 Å². The largest absolute Gasteiger partial charge is 0.356 e. The van der Waals surface area contributed by atoms with Gasteiger partial charge in [0, 0.05) is 24.5 Å². The van der Waals surface area contributed by atoms with Gasteiger partial charge >= 0.3 is 0 Å². The first-order valence-electron chi connectivity index (χ1n) is 10.5. The van der Waals surface area contributed by atoms with Crippen molar-refractivity contribution in [3.05, 3.63) is 17.0 Å². The minimum Gasteiger partial charge on any atom is -0.356 e. The second-order valence-electron chi connectivity index (χ2n) is 8.10. The van der Waals surface area contributed by atoms with Gasteiger partial charge in [0.25, 0.3) is 10.0 Å². The third-order valence-electron chi connectivity index (χ3n) is 5.88. The topological polar surface area (TPSA) is 69.7 Å². The molecule has 28 heavy (non-hydrogen) atoms. The van der Waals surface area contributed by atoms with E-state index in [1.54, 1.807) is 6.07 Å². The first-order chi connectivity index (χ1) is 13.4. The van der Waals surface area contributed by atoms with Gasteiger partial charge in [-0.15, -0.1) is 11.3 Å². The molecule has 0 saturated carbocycles. The maximum absolute atomic E-state index is 12.9. The van der Waals surface area contributed by atoms with Crippen LogP contribution in [0.1, 0.15) is 43.9 Å². The average Bonchev–Trinajstić information content (AvgIpc) is 3.15. The molecule has 158 valence electrons. The van der Waals surface area contributed by atoms with Gasteiger partial charge in [-0.05, 0) is 76.7 Å². The molecule has 0 aliphatic carbocycles. The fourth-order valence-electron chi connectivity index (χ4n) is 4.17. The Kier molecular flexibility index (Phi) is 7.53. The summed E-state index contributed by atoms with van der Waals surface area (Å²) < 4.78 is 27.6. The molecule has 8 heteroatoms. The number of likely N-dealkylation sites (tertiary alicyclic amines) is 1. The van der Waals surface area contributed by atoms with Crippen LogP contribution in [-0.2, 0) is 14.8 Å². The summed E-state index contributed by atoms with van der Waals surface area (Å²) in [5.41, 5.74) is 0.